The zero-order valence-corrected chi connectivity index (χ0v) is 13.0. The topological polar surface area (TPSA) is 79.2 Å². The Morgan fingerprint density at radius 1 is 1.18 bits per heavy atom. The van der Waals surface area contributed by atoms with Gasteiger partial charge in [-0.3, -0.25) is 0 Å². The summed E-state index contributed by atoms with van der Waals surface area (Å²) in [5, 5.41) is 2.84. The number of piperazine rings is 1. The van der Waals surface area contributed by atoms with Crippen molar-refractivity contribution in [3.63, 3.8) is 0 Å². The molecular weight excluding hydrogens is 282 g/mol. The number of carbonyl (C=O) groups excluding carboxylic acids is 1. The number of carbonyl (C=O) groups is 1. The van der Waals surface area contributed by atoms with E-state index in [2.05, 4.69) is 32.1 Å². The van der Waals surface area contributed by atoms with E-state index in [0.29, 0.717) is 19.6 Å². The molecule has 3 heterocycles. The van der Waals surface area contributed by atoms with Gasteiger partial charge in [0.2, 0.25) is 0 Å². The molecule has 0 aliphatic carbocycles. The second kappa shape index (κ2) is 6.17. The summed E-state index contributed by atoms with van der Waals surface area (Å²) in [6.45, 7) is 8.35. The molecule has 1 saturated heterocycles. The van der Waals surface area contributed by atoms with Crippen LogP contribution in [0.2, 0.25) is 0 Å². The van der Waals surface area contributed by atoms with Crippen LogP contribution >= 0.6 is 0 Å². The molecule has 8 nitrogen and oxygen atoms in total. The number of nitrogens with zero attached hydrogens (tertiary/aromatic N) is 6. The molecule has 1 N–H and O–H groups in total. The van der Waals surface area contributed by atoms with Crippen LogP contribution in [-0.2, 0) is 6.54 Å². The van der Waals surface area contributed by atoms with Gasteiger partial charge in [0, 0.05) is 39.3 Å². The predicted octanol–water partition coefficient (Wildman–Crippen LogP) is 0.698. The van der Waals surface area contributed by atoms with Crippen molar-refractivity contribution in [2.45, 2.75) is 20.4 Å². The highest BCUT2D eigenvalue weighted by atomic mass is 16.2. The monoisotopic (exact) mass is 303 g/mol. The van der Waals surface area contributed by atoms with E-state index in [4.69, 9.17) is 0 Å². The number of urea groups is 1. The number of aromatic nitrogens is 4. The largest absolute Gasteiger partial charge is 0.351 e. The van der Waals surface area contributed by atoms with Crippen LogP contribution in [0.3, 0.4) is 0 Å². The summed E-state index contributed by atoms with van der Waals surface area (Å²) >= 11 is 0. The number of amides is 2. The molecule has 0 aromatic carbocycles. The lowest BCUT2D eigenvalue weighted by atomic mass is 10.3. The van der Waals surface area contributed by atoms with Gasteiger partial charge >= 0.3 is 6.03 Å². The SMILES string of the molecule is CCNC(=O)N1CCN(c2ncnc3c2ncn3CC)CC1. The lowest BCUT2D eigenvalue weighted by molar-refractivity contribution is 0.195. The van der Waals surface area contributed by atoms with Crippen LogP contribution in [-0.4, -0.2) is 63.2 Å². The van der Waals surface area contributed by atoms with Crippen LogP contribution in [0.15, 0.2) is 12.7 Å². The maximum atomic E-state index is 11.9. The Morgan fingerprint density at radius 3 is 2.64 bits per heavy atom. The van der Waals surface area contributed by atoms with E-state index >= 15 is 0 Å². The van der Waals surface area contributed by atoms with Gasteiger partial charge in [0.15, 0.2) is 17.0 Å². The van der Waals surface area contributed by atoms with E-state index in [1.807, 2.05) is 16.4 Å². The maximum absolute atomic E-state index is 11.9. The van der Waals surface area contributed by atoms with Crippen molar-refractivity contribution < 1.29 is 4.79 Å². The molecule has 118 valence electrons. The summed E-state index contributed by atoms with van der Waals surface area (Å²) in [7, 11) is 0. The quantitative estimate of drug-likeness (QED) is 0.903. The maximum Gasteiger partial charge on any atom is 0.317 e. The standard InChI is InChI=1S/C14H21N7O/c1-3-15-14(22)21-7-5-20(6-8-21)13-11-12(16-9-17-13)19(4-2)10-18-11/h9-10H,3-8H2,1-2H3,(H,15,22). The van der Waals surface area contributed by atoms with Crippen LogP contribution in [0.25, 0.3) is 11.2 Å². The van der Waals surface area contributed by atoms with E-state index in [1.165, 1.54) is 0 Å². The van der Waals surface area contributed by atoms with Crippen molar-refractivity contribution in [3.8, 4) is 0 Å². The summed E-state index contributed by atoms with van der Waals surface area (Å²) in [6.07, 6.45) is 3.38. The van der Waals surface area contributed by atoms with Crippen molar-refractivity contribution >= 4 is 23.0 Å². The van der Waals surface area contributed by atoms with Gasteiger partial charge in [-0.15, -0.1) is 0 Å². The fourth-order valence-electron chi connectivity index (χ4n) is 2.72. The van der Waals surface area contributed by atoms with Gasteiger partial charge in [-0.05, 0) is 13.8 Å². The van der Waals surface area contributed by atoms with Gasteiger partial charge in [-0.2, -0.15) is 0 Å². The van der Waals surface area contributed by atoms with E-state index in [-0.39, 0.29) is 6.03 Å². The van der Waals surface area contributed by atoms with Crippen LogP contribution in [0.1, 0.15) is 13.8 Å². The first kappa shape index (κ1) is 14.6. The molecule has 0 bridgehead atoms. The summed E-state index contributed by atoms with van der Waals surface area (Å²) in [6, 6.07) is 0.00486. The molecule has 2 aromatic heterocycles. The fourth-order valence-corrected chi connectivity index (χ4v) is 2.72. The molecule has 22 heavy (non-hydrogen) atoms. The molecule has 0 saturated carbocycles. The van der Waals surface area contributed by atoms with Crippen molar-refractivity contribution in [2.24, 2.45) is 0 Å². The first-order valence-electron chi connectivity index (χ1n) is 7.68. The number of fused-ring (bicyclic) bond motifs is 1. The van der Waals surface area contributed by atoms with Crippen LogP contribution in [0, 0.1) is 0 Å². The Hall–Kier alpha value is -2.38. The lowest BCUT2D eigenvalue weighted by Crippen LogP contribution is -2.52. The van der Waals surface area contributed by atoms with Crippen molar-refractivity contribution in [3.05, 3.63) is 12.7 Å². The third kappa shape index (κ3) is 2.56. The van der Waals surface area contributed by atoms with Crippen LogP contribution in [0.4, 0.5) is 10.6 Å². The van der Waals surface area contributed by atoms with Crippen molar-refractivity contribution in [1.82, 2.24) is 29.7 Å². The van der Waals surface area contributed by atoms with E-state index in [0.717, 1.165) is 36.6 Å². The number of rotatable bonds is 3. The van der Waals surface area contributed by atoms with E-state index in [9.17, 15) is 4.79 Å². The number of nitrogens with one attached hydrogen (secondary N) is 1. The van der Waals surface area contributed by atoms with Crippen LogP contribution < -0.4 is 10.2 Å². The Bertz CT molecular complexity index is 660. The summed E-state index contributed by atoms with van der Waals surface area (Å²) < 4.78 is 2.01. The molecule has 0 unspecified atom stereocenters. The van der Waals surface area contributed by atoms with Gasteiger partial charge in [0.25, 0.3) is 0 Å². The fraction of sp³-hybridized carbons (Fsp3) is 0.571. The Balaban J connectivity index is 1.77. The van der Waals surface area contributed by atoms with Gasteiger partial charge < -0.3 is 19.7 Å². The molecule has 8 heteroatoms. The van der Waals surface area contributed by atoms with E-state index in [1.54, 1.807) is 12.7 Å². The third-order valence-electron chi connectivity index (χ3n) is 3.92. The molecule has 0 atom stereocenters. The molecule has 1 aliphatic heterocycles. The summed E-state index contributed by atoms with van der Waals surface area (Å²) in [4.78, 5) is 29.0. The molecule has 2 aromatic rings. The second-order valence-corrected chi connectivity index (χ2v) is 5.21. The first-order valence-corrected chi connectivity index (χ1v) is 7.68. The number of hydrogen-bond donors (Lipinski definition) is 1. The minimum atomic E-state index is 0.00486. The molecule has 1 fully saturated rings. The Kier molecular flexibility index (Phi) is 4.08. The summed E-state index contributed by atoms with van der Waals surface area (Å²) in [5.74, 6) is 0.854. The second-order valence-electron chi connectivity index (χ2n) is 5.21. The van der Waals surface area contributed by atoms with Gasteiger partial charge in [-0.25, -0.2) is 19.7 Å². The number of aryl methyl sites for hydroxylation is 1. The zero-order chi connectivity index (χ0) is 15.5. The molecule has 2 amide bonds. The van der Waals surface area contributed by atoms with Gasteiger partial charge in [0.05, 0.1) is 6.33 Å². The van der Waals surface area contributed by atoms with Crippen molar-refractivity contribution in [2.75, 3.05) is 37.6 Å². The lowest BCUT2D eigenvalue weighted by Gasteiger charge is -2.35. The molecule has 0 spiro atoms. The normalized spacial score (nSPS) is 15.4. The van der Waals surface area contributed by atoms with Crippen molar-refractivity contribution in [1.29, 1.82) is 0 Å². The third-order valence-corrected chi connectivity index (χ3v) is 3.92. The predicted molar refractivity (Wildman–Crippen MR) is 83.9 cm³/mol. The average Bonchev–Trinajstić information content (AvgIpc) is 2.98. The Labute approximate surface area is 129 Å². The highest BCUT2D eigenvalue weighted by Gasteiger charge is 2.23. The molecular formula is C14H21N7O. The van der Waals surface area contributed by atoms with Crippen LogP contribution in [0.5, 0.6) is 0 Å². The molecule has 1 aliphatic rings. The minimum Gasteiger partial charge on any atom is -0.351 e. The minimum absolute atomic E-state index is 0.00486. The molecule has 0 radical (unpaired) electrons. The smallest absolute Gasteiger partial charge is 0.317 e. The average molecular weight is 303 g/mol. The number of hydrogen-bond acceptors (Lipinski definition) is 5. The van der Waals surface area contributed by atoms with E-state index < -0.39 is 0 Å². The zero-order valence-electron chi connectivity index (χ0n) is 13.0. The Morgan fingerprint density at radius 2 is 1.95 bits per heavy atom. The molecule has 3 rings (SSSR count). The van der Waals surface area contributed by atoms with Gasteiger partial charge in [-0.1, -0.05) is 0 Å². The first-order chi connectivity index (χ1) is 10.7. The number of anilines is 1. The number of imidazole rings is 1. The summed E-state index contributed by atoms with van der Waals surface area (Å²) in [5.41, 5.74) is 1.69. The highest BCUT2D eigenvalue weighted by molar-refractivity contribution is 5.83. The van der Waals surface area contributed by atoms with Gasteiger partial charge in [0.1, 0.15) is 6.33 Å². The highest BCUT2D eigenvalue weighted by Crippen LogP contribution is 2.22.